The van der Waals surface area contributed by atoms with Crippen molar-refractivity contribution in [1.82, 2.24) is 4.72 Å². The SMILES string of the molecule is O=C1CC(CNS(=O)(=O)c2cccc([N+](=O)[O-])c2)CN1c1ccccc1. The summed E-state index contributed by atoms with van der Waals surface area (Å²) in [6.07, 6.45) is 0.242. The largest absolute Gasteiger partial charge is 0.312 e. The van der Waals surface area contributed by atoms with Gasteiger partial charge in [-0.3, -0.25) is 14.9 Å². The van der Waals surface area contributed by atoms with Gasteiger partial charge in [0.15, 0.2) is 0 Å². The Morgan fingerprint density at radius 1 is 1.15 bits per heavy atom. The van der Waals surface area contributed by atoms with E-state index in [1.165, 1.54) is 18.2 Å². The summed E-state index contributed by atoms with van der Waals surface area (Å²) in [5.74, 6) is -0.230. The maximum atomic E-state index is 12.4. The number of non-ortho nitro benzene ring substituents is 1. The Labute approximate surface area is 150 Å². The highest BCUT2D eigenvalue weighted by molar-refractivity contribution is 7.89. The second-order valence-corrected chi connectivity index (χ2v) is 7.78. The van der Waals surface area contributed by atoms with Gasteiger partial charge in [0.05, 0.1) is 9.82 Å². The number of carbonyl (C=O) groups is 1. The quantitative estimate of drug-likeness (QED) is 0.613. The minimum absolute atomic E-state index is 0.0595. The molecule has 2 aromatic carbocycles. The van der Waals surface area contributed by atoms with Gasteiger partial charge in [-0.15, -0.1) is 0 Å². The monoisotopic (exact) mass is 375 g/mol. The van der Waals surface area contributed by atoms with Gasteiger partial charge in [-0.05, 0) is 24.1 Å². The summed E-state index contributed by atoms with van der Waals surface area (Å²) >= 11 is 0. The van der Waals surface area contributed by atoms with Crippen molar-refractivity contribution < 1.29 is 18.1 Å². The molecule has 0 radical (unpaired) electrons. The van der Waals surface area contributed by atoms with Crippen LogP contribution < -0.4 is 9.62 Å². The fourth-order valence-corrected chi connectivity index (χ4v) is 4.01. The summed E-state index contributed by atoms with van der Waals surface area (Å²) in [4.78, 5) is 23.8. The van der Waals surface area contributed by atoms with Crippen LogP contribution in [0, 0.1) is 16.0 Å². The topological polar surface area (TPSA) is 110 Å². The number of amides is 1. The molecule has 26 heavy (non-hydrogen) atoms. The van der Waals surface area contributed by atoms with Crippen LogP contribution >= 0.6 is 0 Å². The molecule has 0 aliphatic carbocycles. The van der Waals surface area contributed by atoms with Gasteiger partial charge in [-0.1, -0.05) is 24.3 Å². The molecule has 1 heterocycles. The summed E-state index contributed by atoms with van der Waals surface area (Å²) in [7, 11) is -3.89. The number of para-hydroxylation sites is 1. The molecule has 0 aromatic heterocycles. The van der Waals surface area contributed by atoms with Crippen molar-refractivity contribution in [2.45, 2.75) is 11.3 Å². The molecule has 136 valence electrons. The summed E-state index contributed by atoms with van der Waals surface area (Å²) in [6, 6.07) is 14.0. The van der Waals surface area contributed by atoms with Crippen molar-refractivity contribution >= 4 is 27.3 Å². The van der Waals surface area contributed by atoms with Crippen molar-refractivity contribution in [1.29, 1.82) is 0 Å². The van der Waals surface area contributed by atoms with E-state index >= 15 is 0 Å². The number of benzene rings is 2. The molecule has 1 atom stereocenters. The molecule has 3 rings (SSSR count). The van der Waals surface area contributed by atoms with Crippen LogP contribution in [0.5, 0.6) is 0 Å². The number of nitrogens with one attached hydrogen (secondary N) is 1. The Morgan fingerprint density at radius 3 is 2.58 bits per heavy atom. The minimum Gasteiger partial charge on any atom is -0.312 e. The third kappa shape index (κ3) is 3.89. The van der Waals surface area contributed by atoms with Gasteiger partial charge in [0, 0.05) is 37.3 Å². The second kappa shape index (κ2) is 7.22. The van der Waals surface area contributed by atoms with Crippen LogP contribution in [0.4, 0.5) is 11.4 Å². The first-order valence-electron chi connectivity index (χ1n) is 7.96. The Balaban J connectivity index is 1.66. The molecule has 1 unspecified atom stereocenters. The number of anilines is 1. The van der Waals surface area contributed by atoms with Crippen molar-refractivity contribution in [3.05, 3.63) is 64.7 Å². The molecule has 0 saturated carbocycles. The standard InChI is InChI=1S/C17H17N3O5S/c21-17-9-13(12-19(17)14-5-2-1-3-6-14)11-18-26(24,25)16-8-4-7-15(10-16)20(22)23/h1-8,10,13,18H,9,11-12H2. The lowest BCUT2D eigenvalue weighted by molar-refractivity contribution is -0.385. The average molecular weight is 375 g/mol. The van der Waals surface area contributed by atoms with Crippen LogP contribution in [0.25, 0.3) is 0 Å². The van der Waals surface area contributed by atoms with Crippen molar-refractivity contribution in [2.75, 3.05) is 18.0 Å². The summed E-state index contributed by atoms with van der Waals surface area (Å²) in [5, 5.41) is 10.8. The van der Waals surface area contributed by atoms with Gasteiger partial charge in [0.1, 0.15) is 0 Å². The van der Waals surface area contributed by atoms with E-state index < -0.39 is 14.9 Å². The maximum absolute atomic E-state index is 12.4. The number of hydrogen-bond acceptors (Lipinski definition) is 5. The molecule has 0 bridgehead atoms. The third-order valence-corrected chi connectivity index (χ3v) is 5.59. The molecule has 1 N–H and O–H groups in total. The molecule has 0 spiro atoms. The molecule has 1 aliphatic rings. The van der Waals surface area contributed by atoms with Gasteiger partial charge in [-0.2, -0.15) is 0 Å². The minimum atomic E-state index is -3.89. The maximum Gasteiger partial charge on any atom is 0.270 e. The number of nitro groups is 1. The Kier molecular flexibility index (Phi) is 5.01. The first kappa shape index (κ1) is 18.0. The Bertz CT molecular complexity index is 930. The summed E-state index contributed by atoms with van der Waals surface area (Å²) in [6.45, 7) is 0.500. The third-order valence-electron chi connectivity index (χ3n) is 4.17. The van der Waals surface area contributed by atoms with Gasteiger partial charge in [0.2, 0.25) is 15.9 Å². The van der Waals surface area contributed by atoms with Crippen molar-refractivity contribution in [3.8, 4) is 0 Å². The molecular formula is C17H17N3O5S. The molecule has 1 amide bonds. The van der Waals surface area contributed by atoms with E-state index in [-0.39, 0.29) is 35.4 Å². The van der Waals surface area contributed by atoms with Crippen LogP contribution in [0.3, 0.4) is 0 Å². The van der Waals surface area contributed by atoms with E-state index in [1.807, 2.05) is 30.3 Å². The molecule has 1 aliphatic heterocycles. The Morgan fingerprint density at radius 2 is 1.88 bits per heavy atom. The van der Waals surface area contributed by atoms with E-state index in [1.54, 1.807) is 4.90 Å². The predicted octanol–water partition coefficient (Wildman–Crippen LogP) is 1.93. The number of sulfonamides is 1. The smallest absolute Gasteiger partial charge is 0.270 e. The van der Waals surface area contributed by atoms with Crippen LogP contribution in [0.2, 0.25) is 0 Å². The van der Waals surface area contributed by atoms with E-state index in [0.717, 1.165) is 11.8 Å². The van der Waals surface area contributed by atoms with E-state index in [9.17, 15) is 23.3 Å². The van der Waals surface area contributed by atoms with Gasteiger partial charge >= 0.3 is 0 Å². The predicted molar refractivity (Wildman–Crippen MR) is 95.2 cm³/mol. The van der Waals surface area contributed by atoms with Crippen molar-refractivity contribution in [3.63, 3.8) is 0 Å². The van der Waals surface area contributed by atoms with Gasteiger partial charge in [-0.25, -0.2) is 13.1 Å². The van der Waals surface area contributed by atoms with Crippen LogP contribution in [-0.2, 0) is 14.8 Å². The average Bonchev–Trinajstić information content (AvgIpc) is 3.02. The first-order valence-corrected chi connectivity index (χ1v) is 9.44. The molecular weight excluding hydrogens is 358 g/mol. The fourth-order valence-electron chi connectivity index (χ4n) is 2.85. The lowest BCUT2D eigenvalue weighted by Gasteiger charge is -2.16. The van der Waals surface area contributed by atoms with Gasteiger partial charge < -0.3 is 4.90 Å². The number of nitrogens with zero attached hydrogens (tertiary/aromatic N) is 2. The van der Waals surface area contributed by atoms with E-state index in [4.69, 9.17) is 0 Å². The summed E-state index contributed by atoms with van der Waals surface area (Å²) < 4.78 is 27.2. The lowest BCUT2D eigenvalue weighted by atomic mass is 10.1. The number of nitro benzene ring substituents is 1. The zero-order valence-corrected chi connectivity index (χ0v) is 14.6. The second-order valence-electron chi connectivity index (χ2n) is 6.02. The Hall–Kier alpha value is -2.78. The highest BCUT2D eigenvalue weighted by Crippen LogP contribution is 2.25. The number of rotatable bonds is 6. The molecule has 9 heteroatoms. The van der Waals surface area contributed by atoms with E-state index in [2.05, 4.69) is 4.72 Å². The highest BCUT2D eigenvalue weighted by Gasteiger charge is 2.31. The molecule has 2 aromatic rings. The fraction of sp³-hybridized carbons (Fsp3) is 0.235. The normalized spacial score (nSPS) is 17.5. The molecule has 8 nitrogen and oxygen atoms in total. The van der Waals surface area contributed by atoms with Crippen LogP contribution in [0.1, 0.15) is 6.42 Å². The zero-order chi connectivity index (χ0) is 18.7. The molecule has 1 saturated heterocycles. The first-order chi connectivity index (χ1) is 12.4. The van der Waals surface area contributed by atoms with Gasteiger partial charge in [0.25, 0.3) is 5.69 Å². The zero-order valence-electron chi connectivity index (χ0n) is 13.7. The number of carbonyl (C=O) groups excluding carboxylic acids is 1. The number of hydrogen-bond donors (Lipinski definition) is 1. The van der Waals surface area contributed by atoms with Crippen LogP contribution in [-0.4, -0.2) is 32.3 Å². The van der Waals surface area contributed by atoms with Crippen molar-refractivity contribution in [2.24, 2.45) is 5.92 Å². The highest BCUT2D eigenvalue weighted by atomic mass is 32.2. The van der Waals surface area contributed by atoms with E-state index in [0.29, 0.717) is 6.54 Å². The van der Waals surface area contributed by atoms with Crippen LogP contribution in [0.15, 0.2) is 59.5 Å². The lowest BCUT2D eigenvalue weighted by Crippen LogP contribution is -2.31. The summed E-state index contributed by atoms with van der Waals surface area (Å²) in [5.41, 5.74) is 0.487. The molecule has 1 fully saturated rings.